The highest BCUT2D eigenvalue weighted by Crippen LogP contribution is 2.25. The van der Waals surface area contributed by atoms with Crippen LogP contribution in [0, 0.1) is 5.92 Å². The molecule has 2 amide bonds. The normalized spacial score (nSPS) is 14.5. The molecule has 1 fully saturated rings. The van der Waals surface area contributed by atoms with Gasteiger partial charge in [-0.05, 0) is 49.2 Å². The number of carbonyl (C=O) groups is 2. The number of amides is 2. The van der Waals surface area contributed by atoms with Crippen molar-refractivity contribution in [2.45, 2.75) is 25.9 Å². The first kappa shape index (κ1) is 23.5. The van der Waals surface area contributed by atoms with Gasteiger partial charge in [0.2, 0.25) is 11.8 Å². The van der Waals surface area contributed by atoms with Gasteiger partial charge in [-0.2, -0.15) is 0 Å². The molecule has 1 aliphatic heterocycles. The van der Waals surface area contributed by atoms with Crippen LogP contribution in [0.15, 0.2) is 84.9 Å². The summed E-state index contributed by atoms with van der Waals surface area (Å²) in [6.07, 6.45) is 1.37. The Hall–Kier alpha value is -3.64. The summed E-state index contributed by atoms with van der Waals surface area (Å²) in [5, 5.41) is 12.7. The minimum Gasteiger partial charge on any atom is -0.506 e. The maximum atomic E-state index is 13.3. The van der Waals surface area contributed by atoms with Crippen LogP contribution in [0.4, 0.5) is 5.69 Å². The van der Waals surface area contributed by atoms with Gasteiger partial charge in [0.05, 0.1) is 12.2 Å². The number of hydrogen-bond acceptors (Lipinski definition) is 4. The van der Waals surface area contributed by atoms with Crippen molar-refractivity contribution in [2.24, 2.45) is 5.92 Å². The van der Waals surface area contributed by atoms with Crippen LogP contribution in [0.5, 0.6) is 5.75 Å². The van der Waals surface area contributed by atoms with Crippen molar-refractivity contribution in [2.75, 3.05) is 25.0 Å². The minimum atomic E-state index is -0.129. The Morgan fingerprint density at radius 1 is 0.824 bits per heavy atom. The predicted octanol–water partition coefficient (Wildman–Crippen LogP) is 4.27. The Balaban J connectivity index is 1.33. The predicted molar refractivity (Wildman–Crippen MR) is 133 cm³/mol. The van der Waals surface area contributed by atoms with Gasteiger partial charge in [-0.25, -0.2) is 0 Å². The number of nitrogens with zero attached hydrogens (tertiary/aromatic N) is 2. The lowest BCUT2D eigenvalue weighted by atomic mass is 9.95. The molecule has 3 aromatic carbocycles. The highest BCUT2D eigenvalue weighted by molar-refractivity contribution is 5.94. The molecular weight excluding hydrogens is 426 g/mol. The summed E-state index contributed by atoms with van der Waals surface area (Å²) in [6, 6.07) is 26.8. The van der Waals surface area contributed by atoms with E-state index >= 15 is 0 Å². The van der Waals surface area contributed by atoms with Crippen molar-refractivity contribution >= 4 is 17.5 Å². The van der Waals surface area contributed by atoms with Crippen LogP contribution in [0.2, 0.25) is 0 Å². The first-order chi connectivity index (χ1) is 16.6. The molecule has 0 radical (unpaired) electrons. The van der Waals surface area contributed by atoms with Crippen molar-refractivity contribution in [1.29, 1.82) is 0 Å². The van der Waals surface area contributed by atoms with Crippen molar-refractivity contribution in [1.82, 2.24) is 9.80 Å². The summed E-state index contributed by atoms with van der Waals surface area (Å²) in [7, 11) is 0. The number of benzene rings is 3. The highest BCUT2D eigenvalue weighted by Gasteiger charge is 2.27. The summed E-state index contributed by atoms with van der Waals surface area (Å²) in [5.74, 6) is -0.0569. The summed E-state index contributed by atoms with van der Waals surface area (Å²) >= 11 is 0. The van der Waals surface area contributed by atoms with E-state index in [2.05, 4.69) is 10.2 Å². The van der Waals surface area contributed by atoms with Crippen LogP contribution in [-0.4, -0.2) is 46.4 Å². The Morgan fingerprint density at radius 3 is 1.91 bits per heavy atom. The molecular formula is C28H31N3O3. The zero-order chi connectivity index (χ0) is 23.8. The third-order valence-electron chi connectivity index (χ3n) is 6.26. The average molecular weight is 458 g/mol. The molecule has 34 heavy (non-hydrogen) atoms. The van der Waals surface area contributed by atoms with Gasteiger partial charge in [-0.3, -0.25) is 14.5 Å². The summed E-state index contributed by atoms with van der Waals surface area (Å²) in [5.41, 5.74) is 2.64. The fourth-order valence-electron chi connectivity index (χ4n) is 4.30. The molecule has 0 aliphatic carbocycles. The number of aromatic hydroxyl groups is 1. The number of carbonyl (C=O) groups excluding carboxylic acids is 2. The zero-order valence-corrected chi connectivity index (χ0v) is 19.3. The van der Waals surface area contributed by atoms with Crippen LogP contribution in [0.1, 0.15) is 24.0 Å². The second-order valence-corrected chi connectivity index (χ2v) is 8.78. The number of likely N-dealkylation sites (tertiary alicyclic amines) is 1. The molecule has 3 aromatic rings. The first-order valence-corrected chi connectivity index (χ1v) is 11.8. The molecule has 176 valence electrons. The van der Waals surface area contributed by atoms with Gasteiger partial charge in [-0.15, -0.1) is 0 Å². The van der Waals surface area contributed by atoms with Gasteiger partial charge < -0.3 is 15.3 Å². The molecule has 0 unspecified atom stereocenters. The third kappa shape index (κ3) is 6.45. The topological polar surface area (TPSA) is 72.9 Å². The van der Waals surface area contributed by atoms with Crippen molar-refractivity contribution < 1.29 is 14.7 Å². The standard InChI is InChI=1S/C28H31N3O3/c32-26-14-8-7-13-25(26)29-28(34)24-15-17-30(18-16-24)21-27(33)31(19-22-9-3-1-4-10-22)20-23-11-5-2-6-12-23/h1-14,24,32H,15-21H2,(H,29,34). The summed E-state index contributed by atoms with van der Waals surface area (Å²) < 4.78 is 0. The average Bonchev–Trinajstić information content (AvgIpc) is 2.87. The smallest absolute Gasteiger partial charge is 0.237 e. The summed E-state index contributed by atoms with van der Waals surface area (Å²) in [6.45, 7) is 2.85. The fourth-order valence-corrected chi connectivity index (χ4v) is 4.30. The lowest BCUT2D eigenvalue weighted by Gasteiger charge is -2.33. The number of piperidine rings is 1. The van der Waals surface area contributed by atoms with E-state index in [1.807, 2.05) is 65.6 Å². The quantitative estimate of drug-likeness (QED) is 0.496. The highest BCUT2D eigenvalue weighted by atomic mass is 16.3. The van der Waals surface area contributed by atoms with Crippen LogP contribution >= 0.6 is 0 Å². The maximum Gasteiger partial charge on any atom is 0.237 e. The van der Waals surface area contributed by atoms with E-state index < -0.39 is 0 Å². The largest absolute Gasteiger partial charge is 0.506 e. The van der Waals surface area contributed by atoms with E-state index in [1.165, 1.54) is 0 Å². The fraction of sp³-hybridized carbons (Fsp3) is 0.286. The SMILES string of the molecule is O=C(Nc1ccccc1O)C1CCN(CC(=O)N(Cc2ccccc2)Cc2ccccc2)CC1. The number of phenols is 1. The molecule has 6 heteroatoms. The second-order valence-electron chi connectivity index (χ2n) is 8.78. The van der Waals surface area contributed by atoms with E-state index in [9.17, 15) is 14.7 Å². The van der Waals surface area contributed by atoms with E-state index in [-0.39, 0.29) is 23.5 Å². The lowest BCUT2D eigenvalue weighted by Crippen LogP contribution is -2.44. The van der Waals surface area contributed by atoms with E-state index in [1.54, 1.807) is 24.3 Å². The molecule has 6 nitrogen and oxygen atoms in total. The van der Waals surface area contributed by atoms with E-state index in [4.69, 9.17) is 0 Å². The van der Waals surface area contributed by atoms with Crippen LogP contribution in [0.25, 0.3) is 0 Å². The lowest BCUT2D eigenvalue weighted by molar-refractivity contribution is -0.134. The third-order valence-corrected chi connectivity index (χ3v) is 6.26. The molecule has 4 rings (SSSR count). The van der Waals surface area contributed by atoms with Crippen LogP contribution in [0.3, 0.4) is 0 Å². The number of nitrogens with one attached hydrogen (secondary N) is 1. The van der Waals surface area contributed by atoms with Crippen LogP contribution < -0.4 is 5.32 Å². The maximum absolute atomic E-state index is 13.3. The van der Waals surface area contributed by atoms with Gasteiger partial charge in [0.25, 0.3) is 0 Å². The number of rotatable bonds is 8. The zero-order valence-electron chi connectivity index (χ0n) is 19.3. The molecule has 0 saturated carbocycles. The van der Waals surface area contributed by atoms with Crippen molar-refractivity contribution in [3.63, 3.8) is 0 Å². The molecule has 1 aliphatic rings. The Bertz CT molecular complexity index is 1040. The van der Waals surface area contributed by atoms with Crippen molar-refractivity contribution in [3.8, 4) is 5.75 Å². The second kappa shape index (κ2) is 11.5. The number of phenolic OH excluding ortho intramolecular Hbond substituents is 1. The molecule has 1 saturated heterocycles. The molecule has 1 heterocycles. The number of para-hydroxylation sites is 2. The minimum absolute atomic E-state index is 0.0656. The Morgan fingerprint density at radius 2 is 1.35 bits per heavy atom. The first-order valence-electron chi connectivity index (χ1n) is 11.8. The van der Waals surface area contributed by atoms with Gasteiger partial charge >= 0.3 is 0 Å². The molecule has 0 bridgehead atoms. The molecule has 0 aromatic heterocycles. The van der Waals surface area contributed by atoms with E-state index in [0.717, 1.165) is 11.1 Å². The monoisotopic (exact) mass is 457 g/mol. The number of hydrogen-bond donors (Lipinski definition) is 2. The molecule has 0 spiro atoms. The Kier molecular flexibility index (Phi) is 7.94. The van der Waals surface area contributed by atoms with Crippen molar-refractivity contribution in [3.05, 3.63) is 96.1 Å². The summed E-state index contributed by atoms with van der Waals surface area (Å²) in [4.78, 5) is 30.0. The number of anilines is 1. The van der Waals surface area contributed by atoms with Gasteiger partial charge in [-0.1, -0.05) is 72.8 Å². The van der Waals surface area contributed by atoms with Crippen LogP contribution in [-0.2, 0) is 22.7 Å². The van der Waals surface area contributed by atoms with Gasteiger partial charge in [0.1, 0.15) is 5.75 Å². The molecule has 2 N–H and O–H groups in total. The van der Waals surface area contributed by atoms with Gasteiger partial charge in [0, 0.05) is 19.0 Å². The van der Waals surface area contributed by atoms with Gasteiger partial charge in [0.15, 0.2) is 0 Å². The Labute approximate surface area is 200 Å². The molecule has 0 atom stereocenters. The van der Waals surface area contributed by atoms with E-state index in [0.29, 0.717) is 51.3 Å².